The molecule has 5 rings (SSSR count). The van der Waals surface area contributed by atoms with Crippen molar-refractivity contribution in [3.05, 3.63) is 48.2 Å². The summed E-state index contributed by atoms with van der Waals surface area (Å²) in [6, 6.07) is 11.2. The van der Waals surface area contributed by atoms with E-state index in [2.05, 4.69) is 4.98 Å². The number of carbonyl (C=O) groups is 1. The maximum atomic E-state index is 13.5. The average Bonchev–Trinajstić information content (AvgIpc) is 3.22. The van der Waals surface area contributed by atoms with Crippen LogP contribution in [0.1, 0.15) is 55.8 Å². The molecule has 6 nitrogen and oxygen atoms in total. The molecular formula is C29H36F3N3O3. The van der Waals surface area contributed by atoms with Crippen LogP contribution in [0.4, 0.5) is 13.2 Å². The molecule has 206 valence electrons. The number of nitrogens with zero attached hydrogens (tertiary/aromatic N) is 3. The third-order valence-corrected chi connectivity index (χ3v) is 8.63. The van der Waals surface area contributed by atoms with E-state index in [9.17, 15) is 23.1 Å². The molecule has 2 aromatic rings. The Morgan fingerprint density at radius 1 is 1.11 bits per heavy atom. The largest absolute Gasteiger partial charge is 0.477 e. The summed E-state index contributed by atoms with van der Waals surface area (Å²) in [6.45, 7) is 4.30. The fourth-order valence-electron chi connectivity index (χ4n) is 5.97. The molecule has 2 aliphatic heterocycles. The summed E-state index contributed by atoms with van der Waals surface area (Å²) in [4.78, 5) is 20.9. The number of aliphatic hydroxyl groups excluding tert-OH is 1. The zero-order valence-corrected chi connectivity index (χ0v) is 21.8. The Kier molecular flexibility index (Phi) is 7.69. The molecular weight excluding hydrogens is 495 g/mol. The van der Waals surface area contributed by atoms with Gasteiger partial charge in [0.25, 0.3) is 5.91 Å². The molecule has 1 aliphatic carbocycles. The lowest BCUT2D eigenvalue weighted by atomic mass is 9.67. The summed E-state index contributed by atoms with van der Waals surface area (Å²) < 4.78 is 46.4. The number of β-amino-alcohol motifs (C(OH)–C–C–N with tert-alkyl or cyclic N) is 1. The van der Waals surface area contributed by atoms with Crippen LogP contribution >= 0.6 is 0 Å². The second-order valence-electron chi connectivity index (χ2n) is 11.3. The normalized spacial score (nSPS) is 24.3. The van der Waals surface area contributed by atoms with Crippen molar-refractivity contribution in [1.29, 1.82) is 0 Å². The van der Waals surface area contributed by atoms with Crippen LogP contribution in [0.25, 0.3) is 11.1 Å². The number of pyridine rings is 1. The predicted octanol–water partition coefficient (Wildman–Crippen LogP) is 5.17. The van der Waals surface area contributed by atoms with Gasteiger partial charge in [0, 0.05) is 42.5 Å². The van der Waals surface area contributed by atoms with Crippen molar-refractivity contribution in [2.45, 2.75) is 63.8 Å². The number of carbonyl (C=O) groups excluding carboxylic acids is 1. The number of aliphatic hydroxyl groups is 1. The molecule has 3 fully saturated rings. The molecule has 0 bridgehead atoms. The van der Waals surface area contributed by atoms with Crippen molar-refractivity contribution in [2.24, 2.45) is 11.3 Å². The van der Waals surface area contributed by atoms with Gasteiger partial charge in [-0.05, 0) is 81.8 Å². The van der Waals surface area contributed by atoms with Crippen LogP contribution in [0.2, 0.25) is 0 Å². The van der Waals surface area contributed by atoms with Crippen LogP contribution in [-0.4, -0.2) is 76.9 Å². The monoisotopic (exact) mass is 531 g/mol. The third kappa shape index (κ3) is 5.69. The highest BCUT2D eigenvalue weighted by Gasteiger charge is 2.58. The van der Waals surface area contributed by atoms with Gasteiger partial charge in [-0.3, -0.25) is 4.79 Å². The van der Waals surface area contributed by atoms with Gasteiger partial charge in [0.2, 0.25) is 5.88 Å². The number of alkyl halides is 3. The lowest BCUT2D eigenvalue weighted by molar-refractivity contribution is -0.256. The number of likely N-dealkylation sites (tertiary alicyclic amines) is 2. The minimum atomic E-state index is -4.11. The number of amides is 1. The first-order chi connectivity index (χ1) is 18.1. The first-order valence-corrected chi connectivity index (χ1v) is 13.6. The van der Waals surface area contributed by atoms with Crippen LogP contribution < -0.4 is 4.74 Å². The van der Waals surface area contributed by atoms with E-state index in [0.717, 1.165) is 24.0 Å². The maximum Gasteiger partial charge on any atom is 0.395 e. The topological polar surface area (TPSA) is 65.9 Å². The summed E-state index contributed by atoms with van der Waals surface area (Å²) in [5, 5.41) is 9.83. The summed E-state index contributed by atoms with van der Waals surface area (Å²) in [7, 11) is 0. The molecule has 1 amide bonds. The summed E-state index contributed by atoms with van der Waals surface area (Å²) in [5.41, 5.74) is 0.943. The highest BCUT2D eigenvalue weighted by atomic mass is 19.4. The van der Waals surface area contributed by atoms with E-state index in [-0.39, 0.29) is 31.3 Å². The van der Waals surface area contributed by atoms with Gasteiger partial charge in [0.15, 0.2) is 0 Å². The molecule has 2 atom stereocenters. The summed E-state index contributed by atoms with van der Waals surface area (Å²) in [5.74, 6) is 0.756. The van der Waals surface area contributed by atoms with E-state index in [1.165, 1.54) is 0 Å². The molecule has 1 saturated carbocycles. The van der Waals surface area contributed by atoms with Crippen molar-refractivity contribution in [2.75, 3.05) is 32.8 Å². The average molecular weight is 532 g/mol. The number of piperidine rings is 1. The zero-order valence-electron chi connectivity index (χ0n) is 21.8. The van der Waals surface area contributed by atoms with Crippen LogP contribution in [0.15, 0.2) is 42.6 Å². The highest BCUT2D eigenvalue weighted by molar-refractivity contribution is 5.95. The minimum absolute atomic E-state index is 0.0234. The Labute approximate surface area is 221 Å². The van der Waals surface area contributed by atoms with Crippen molar-refractivity contribution in [3.63, 3.8) is 0 Å². The van der Waals surface area contributed by atoms with Crippen LogP contribution in [0, 0.1) is 11.3 Å². The zero-order chi connectivity index (χ0) is 26.9. The first kappa shape index (κ1) is 26.9. The number of aromatic nitrogens is 1. The quantitative estimate of drug-likeness (QED) is 0.534. The highest BCUT2D eigenvalue weighted by Crippen LogP contribution is 2.53. The smallest absolute Gasteiger partial charge is 0.395 e. The number of hydrogen-bond donors (Lipinski definition) is 1. The number of benzene rings is 1. The molecule has 1 aromatic heterocycles. The second-order valence-corrected chi connectivity index (χ2v) is 11.3. The molecule has 38 heavy (non-hydrogen) atoms. The van der Waals surface area contributed by atoms with Crippen molar-refractivity contribution >= 4 is 5.91 Å². The molecule has 0 spiro atoms. The Hall–Kier alpha value is -2.65. The van der Waals surface area contributed by atoms with Gasteiger partial charge < -0.3 is 19.6 Å². The molecule has 2 saturated heterocycles. The van der Waals surface area contributed by atoms with E-state index in [1.807, 2.05) is 36.1 Å². The van der Waals surface area contributed by atoms with Crippen LogP contribution in [0.5, 0.6) is 5.88 Å². The number of ether oxygens (including phenoxy) is 1. The van der Waals surface area contributed by atoms with Crippen LogP contribution in [-0.2, 0) is 0 Å². The fraction of sp³-hybridized carbons (Fsp3) is 0.586. The Morgan fingerprint density at radius 2 is 1.79 bits per heavy atom. The second kappa shape index (κ2) is 10.8. The van der Waals surface area contributed by atoms with Gasteiger partial charge in [-0.25, -0.2) is 4.98 Å². The third-order valence-electron chi connectivity index (χ3n) is 8.63. The lowest BCUT2D eigenvalue weighted by Gasteiger charge is -2.47. The Bertz CT molecular complexity index is 1090. The van der Waals surface area contributed by atoms with Gasteiger partial charge in [0.1, 0.15) is 0 Å². The minimum Gasteiger partial charge on any atom is -0.477 e. The summed E-state index contributed by atoms with van der Waals surface area (Å²) in [6.07, 6.45) is 0.603. The van der Waals surface area contributed by atoms with Gasteiger partial charge in [-0.1, -0.05) is 18.6 Å². The van der Waals surface area contributed by atoms with E-state index < -0.39 is 17.7 Å². The van der Waals surface area contributed by atoms with Gasteiger partial charge in [-0.15, -0.1) is 0 Å². The molecule has 3 aliphatic rings. The first-order valence-electron chi connectivity index (χ1n) is 13.6. The maximum absolute atomic E-state index is 13.5. The molecule has 0 unspecified atom stereocenters. The number of rotatable bonds is 7. The van der Waals surface area contributed by atoms with E-state index >= 15 is 0 Å². The SMILES string of the molecule is C[C@H]1C[C@@H](O)CN1C(=O)c1ccc(-c2ccc(OCC3CCN(CC4(C(F)(F)F)CCC4)CC3)nc2)cc1. The lowest BCUT2D eigenvalue weighted by Crippen LogP contribution is -2.53. The molecule has 9 heteroatoms. The van der Waals surface area contributed by atoms with Crippen LogP contribution in [0.3, 0.4) is 0 Å². The van der Waals surface area contributed by atoms with Crippen molar-refractivity contribution in [3.8, 4) is 17.0 Å². The summed E-state index contributed by atoms with van der Waals surface area (Å²) >= 11 is 0. The van der Waals surface area contributed by atoms with E-state index in [0.29, 0.717) is 56.4 Å². The van der Waals surface area contributed by atoms with Gasteiger partial charge >= 0.3 is 6.18 Å². The van der Waals surface area contributed by atoms with Gasteiger partial charge in [-0.2, -0.15) is 13.2 Å². The standard InChI is InChI=1S/C29H36F3N3O3/c1-20-15-25(36)17-35(20)27(37)23-5-3-22(4-6-23)24-7-8-26(33-16-24)38-18-21-9-13-34(14-10-21)19-28(11-2-12-28)29(30,31)32/h3-8,16,20-21,25,36H,2,9-15,17-19H2,1H3/t20-,25+/m0/s1. The van der Waals surface area contributed by atoms with E-state index in [1.54, 1.807) is 23.2 Å². The molecule has 3 heterocycles. The fourth-order valence-corrected chi connectivity index (χ4v) is 5.97. The Morgan fingerprint density at radius 3 is 2.32 bits per heavy atom. The van der Waals surface area contributed by atoms with Gasteiger partial charge in [0.05, 0.1) is 18.1 Å². The molecule has 1 aromatic carbocycles. The Balaban J connectivity index is 1.09. The number of hydrogen-bond acceptors (Lipinski definition) is 5. The molecule has 0 radical (unpaired) electrons. The van der Waals surface area contributed by atoms with Crippen molar-refractivity contribution < 1.29 is 27.8 Å². The van der Waals surface area contributed by atoms with Crippen molar-refractivity contribution in [1.82, 2.24) is 14.8 Å². The predicted molar refractivity (Wildman–Crippen MR) is 138 cm³/mol. The van der Waals surface area contributed by atoms with E-state index in [4.69, 9.17) is 4.74 Å². The molecule has 1 N–H and O–H groups in total. The number of halogens is 3.